The van der Waals surface area contributed by atoms with Crippen LogP contribution in [-0.2, 0) is 18.3 Å². The van der Waals surface area contributed by atoms with Crippen molar-refractivity contribution >= 4 is 23.2 Å². The Bertz CT molecular complexity index is 898. The average Bonchev–Trinajstić information content (AvgIpc) is 3.14. The van der Waals surface area contributed by atoms with E-state index < -0.39 is 0 Å². The number of aryl methyl sites for hydroxylation is 3. The maximum Gasteiger partial charge on any atom is 0.227 e. The lowest BCUT2D eigenvalue weighted by molar-refractivity contribution is -0.116. The molecule has 25 heavy (non-hydrogen) atoms. The Morgan fingerprint density at radius 1 is 1.28 bits per heavy atom. The summed E-state index contributed by atoms with van der Waals surface area (Å²) < 4.78 is 6.95. The molecule has 2 aromatic heterocycles. The summed E-state index contributed by atoms with van der Waals surface area (Å²) in [5.41, 5.74) is 3.26. The highest BCUT2D eigenvalue weighted by Crippen LogP contribution is 2.20. The van der Waals surface area contributed by atoms with Crippen LogP contribution in [-0.4, -0.2) is 25.8 Å². The van der Waals surface area contributed by atoms with E-state index in [0.717, 1.165) is 22.6 Å². The quantitative estimate of drug-likeness (QED) is 0.755. The molecule has 1 aromatic carbocycles. The highest BCUT2D eigenvalue weighted by molar-refractivity contribution is 6.30. The van der Waals surface area contributed by atoms with Crippen LogP contribution in [0.15, 0.2) is 28.8 Å². The van der Waals surface area contributed by atoms with Gasteiger partial charge in [-0.1, -0.05) is 16.8 Å². The van der Waals surface area contributed by atoms with Crippen LogP contribution in [0.1, 0.15) is 23.7 Å². The normalized spacial score (nSPS) is 10.9. The summed E-state index contributed by atoms with van der Waals surface area (Å²) in [6.07, 6.45) is 0.612. The van der Waals surface area contributed by atoms with Crippen molar-refractivity contribution in [3.8, 4) is 11.4 Å². The lowest BCUT2D eigenvalue weighted by Gasteiger charge is -2.04. The Labute approximate surface area is 150 Å². The third kappa shape index (κ3) is 3.88. The predicted molar refractivity (Wildman–Crippen MR) is 94.4 cm³/mol. The molecule has 0 saturated carbocycles. The van der Waals surface area contributed by atoms with Crippen molar-refractivity contribution in [3.05, 3.63) is 46.6 Å². The highest BCUT2D eigenvalue weighted by Gasteiger charge is 2.14. The molecular weight excluding hydrogens is 342 g/mol. The predicted octanol–water partition coefficient (Wildman–Crippen LogP) is 3.31. The van der Waals surface area contributed by atoms with Crippen LogP contribution in [0.2, 0.25) is 5.02 Å². The third-order valence-electron chi connectivity index (χ3n) is 3.91. The molecule has 130 valence electrons. The minimum absolute atomic E-state index is 0.120. The largest absolute Gasteiger partial charge is 0.339 e. The monoisotopic (exact) mass is 359 g/mol. The van der Waals surface area contributed by atoms with Crippen molar-refractivity contribution in [2.75, 3.05) is 5.32 Å². The fourth-order valence-corrected chi connectivity index (χ4v) is 2.58. The molecule has 3 rings (SSSR count). The molecule has 7 nitrogen and oxygen atoms in total. The molecule has 1 N–H and O–H groups in total. The summed E-state index contributed by atoms with van der Waals surface area (Å²) in [5.74, 6) is 0.774. The molecule has 0 aliphatic heterocycles. The van der Waals surface area contributed by atoms with E-state index in [-0.39, 0.29) is 12.3 Å². The van der Waals surface area contributed by atoms with Crippen molar-refractivity contribution in [1.29, 1.82) is 0 Å². The zero-order valence-electron chi connectivity index (χ0n) is 14.2. The molecular formula is C17H18ClN5O2. The molecule has 1 amide bonds. The molecule has 0 saturated heterocycles. The van der Waals surface area contributed by atoms with E-state index in [4.69, 9.17) is 16.1 Å². The number of benzene rings is 1. The number of rotatable bonds is 5. The standard InChI is InChI=1S/C17H18ClN5O2/c1-10-16(11(2)23(3)21-10)19-14(24)8-9-15-20-17(22-25-15)12-4-6-13(18)7-5-12/h4-7H,8-9H2,1-3H3,(H,19,24). The second-order valence-electron chi connectivity index (χ2n) is 5.74. The fraction of sp³-hybridized carbons (Fsp3) is 0.294. The van der Waals surface area contributed by atoms with Crippen molar-refractivity contribution in [3.63, 3.8) is 0 Å². The lowest BCUT2D eigenvalue weighted by Crippen LogP contribution is -2.13. The first-order valence-corrected chi connectivity index (χ1v) is 8.20. The number of amides is 1. The molecule has 0 radical (unpaired) electrons. The van der Waals surface area contributed by atoms with Crippen LogP contribution in [0.3, 0.4) is 0 Å². The van der Waals surface area contributed by atoms with Gasteiger partial charge in [-0.3, -0.25) is 9.48 Å². The van der Waals surface area contributed by atoms with Gasteiger partial charge >= 0.3 is 0 Å². The Morgan fingerprint density at radius 2 is 2.00 bits per heavy atom. The van der Waals surface area contributed by atoms with E-state index in [1.54, 1.807) is 16.8 Å². The lowest BCUT2D eigenvalue weighted by atomic mass is 10.2. The highest BCUT2D eigenvalue weighted by atomic mass is 35.5. The summed E-state index contributed by atoms with van der Waals surface area (Å²) in [7, 11) is 1.84. The molecule has 8 heteroatoms. The number of halogens is 1. The maximum atomic E-state index is 12.2. The van der Waals surface area contributed by atoms with Crippen LogP contribution in [0, 0.1) is 13.8 Å². The van der Waals surface area contributed by atoms with Gasteiger partial charge in [0.1, 0.15) is 0 Å². The summed E-state index contributed by atoms with van der Waals surface area (Å²) in [6, 6.07) is 7.16. The number of anilines is 1. The van der Waals surface area contributed by atoms with Crippen molar-refractivity contribution in [2.45, 2.75) is 26.7 Å². The van der Waals surface area contributed by atoms with Crippen molar-refractivity contribution in [1.82, 2.24) is 19.9 Å². The second-order valence-corrected chi connectivity index (χ2v) is 6.17. The third-order valence-corrected chi connectivity index (χ3v) is 4.16. The smallest absolute Gasteiger partial charge is 0.227 e. The van der Waals surface area contributed by atoms with Crippen LogP contribution in [0.4, 0.5) is 5.69 Å². The van der Waals surface area contributed by atoms with Gasteiger partial charge < -0.3 is 9.84 Å². The van der Waals surface area contributed by atoms with E-state index in [2.05, 4.69) is 20.6 Å². The second kappa shape index (κ2) is 7.06. The number of nitrogens with zero attached hydrogens (tertiary/aromatic N) is 4. The number of carbonyl (C=O) groups excluding carboxylic acids is 1. The zero-order chi connectivity index (χ0) is 18.0. The summed E-state index contributed by atoms with van der Waals surface area (Å²) >= 11 is 5.86. The van der Waals surface area contributed by atoms with Gasteiger partial charge in [-0.2, -0.15) is 10.1 Å². The van der Waals surface area contributed by atoms with Crippen LogP contribution < -0.4 is 5.32 Å². The van der Waals surface area contributed by atoms with Crippen molar-refractivity contribution < 1.29 is 9.32 Å². The minimum atomic E-state index is -0.120. The van der Waals surface area contributed by atoms with Gasteiger partial charge in [-0.05, 0) is 38.1 Å². The topological polar surface area (TPSA) is 85.8 Å². The molecule has 0 unspecified atom stereocenters. The first-order chi connectivity index (χ1) is 11.9. The number of hydrogen-bond acceptors (Lipinski definition) is 5. The van der Waals surface area contributed by atoms with Crippen molar-refractivity contribution in [2.24, 2.45) is 7.05 Å². The van der Waals surface area contributed by atoms with E-state index >= 15 is 0 Å². The number of nitrogens with one attached hydrogen (secondary N) is 1. The van der Waals surface area contributed by atoms with Gasteiger partial charge in [0, 0.05) is 30.5 Å². The molecule has 0 atom stereocenters. The fourth-order valence-electron chi connectivity index (χ4n) is 2.45. The zero-order valence-corrected chi connectivity index (χ0v) is 15.0. The Morgan fingerprint density at radius 3 is 2.64 bits per heavy atom. The van der Waals surface area contributed by atoms with Gasteiger partial charge in [-0.25, -0.2) is 0 Å². The number of carbonyl (C=O) groups is 1. The summed E-state index contributed by atoms with van der Waals surface area (Å²) in [6.45, 7) is 3.77. The summed E-state index contributed by atoms with van der Waals surface area (Å²) in [5, 5.41) is 11.7. The maximum absolute atomic E-state index is 12.2. The molecule has 0 spiro atoms. The Kier molecular flexibility index (Phi) is 4.85. The average molecular weight is 360 g/mol. The van der Waals surface area contributed by atoms with Gasteiger partial charge in [0.2, 0.25) is 17.6 Å². The van der Waals surface area contributed by atoms with Crippen LogP contribution >= 0.6 is 11.6 Å². The first-order valence-electron chi connectivity index (χ1n) is 7.82. The van der Waals surface area contributed by atoms with Gasteiger partial charge in [0.05, 0.1) is 17.1 Å². The molecule has 2 heterocycles. The molecule has 3 aromatic rings. The van der Waals surface area contributed by atoms with E-state index in [1.165, 1.54) is 0 Å². The molecule has 0 bridgehead atoms. The van der Waals surface area contributed by atoms with E-state index in [0.29, 0.717) is 23.2 Å². The van der Waals surface area contributed by atoms with Crippen LogP contribution in [0.25, 0.3) is 11.4 Å². The first kappa shape index (κ1) is 17.2. The van der Waals surface area contributed by atoms with E-state index in [9.17, 15) is 4.79 Å². The van der Waals surface area contributed by atoms with Gasteiger partial charge in [0.25, 0.3) is 0 Å². The SMILES string of the molecule is Cc1nn(C)c(C)c1NC(=O)CCc1nc(-c2ccc(Cl)cc2)no1. The summed E-state index contributed by atoms with van der Waals surface area (Å²) in [4.78, 5) is 16.5. The van der Waals surface area contributed by atoms with Gasteiger partial charge in [0.15, 0.2) is 0 Å². The Balaban J connectivity index is 1.60. The molecule has 0 fully saturated rings. The van der Waals surface area contributed by atoms with Gasteiger partial charge in [-0.15, -0.1) is 0 Å². The molecule has 0 aliphatic carbocycles. The number of aromatic nitrogens is 4. The minimum Gasteiger partial charge on any atom is -0.339 e. The Hall–Kier alpha value is -2.67. The van der Waals surface area contributed by atoms with E-state index in [1.807, 2.05) is 33.0 Å². The number of hydrogen-bond donors (Lipinski definition) is 1. The van der Waals surface area contributed by atoms with Crippen LogP contribution in [0.5, 0.6) is 0 Å². The molecule has 0 aliphatic rings.